The van der Waals surface area contributed by atoms with E-state index in [1.54, 1.807) is 0 Å². The highest BCUT2D eigenvalue weighted by Gasteiger charge is 2.01. The summed E-state index contributed by atoms with van der Waals surface area (Å²) in [5, 5.41) is 3.27. The normalized spacial score (nSPS) is 13.2. The van der Waals surface area contributed by atoms with Crippen LogP contribution in [0.1, 0.15) is 13.3 Å². The van der Waals surface area contributed by atoms with Gasteiger partial charge in [0, 0.05) is 19.7 Å². The molecule has 0 aromatic carbocycles. The first-order valence-electron chi connectivity index (χ1n) is 4.83. The lowest BCUT2D eigenvalue weighted by molar-refractivity contribution is 0.344. The third kappa shape index (κ3) is 8.20. The van der Waals surface area contributed by atoms with Crippen LogP contribution < -0.4 is 11.1 Å². The van der Waals surface area contributed by atoms with E-state index in [-0.39, 0.29) is 0 Å². The third-order valence-corrected chi connectivity index (χ3v) is 3.86. The van der Waals surface area contributed by atoms with Gasteiger partial charge in [-0.15, -0.1) is 0 Å². The molecule has 0 aliphatic rings. The lowest BCUT2D eigenvalue weighted by Crippen LogP contribution is -2.24. The molecular formula is C8H22N2OSi. The fourth-order valence-electron chi connectivity index (χ4n) is 1.11. The molecule has 74 valence electrons. The summed E-state index contributed by atoms with van der Waals surface area (Å²) in [5.41, 5.74) is 5.34. The van der Waals surface area contributed by atoms with Crippen LogP contribution in [0.25, 0.3) is 0 Å². The Kier molecular flexibility index (Phi) is 9.26. The van der Waals surface area contributed by atoms with Gasteiger partial charge in [0.1, 0.15) is 0 Å². The van der Waals surface area contributed by atoms with Crippen LogP contribution in [0.2, 0.25) is 12.6 Å². The van der Waals surface area contributed by atoms with Crippen LogP contribution in [0, 0.1) is 0 Å². The minimum absolute atomic E-state index is 0.735. The van der Waals surface area contributed by atoms with Gasteiger partial charge < -0.3 is 15.5 Å². The van der Waals surface area contributed by atoms with Crippen molar-refractivity contribution in [1.82, 2.24) is 5.32 Å². The predicted octanol–water partition coefficient (Wildman–Crippen LogP) is 0.315. The Morgan fingerprint density at radius 2 is 2.17 bits per heavy atom. The van der Waals surface area contributed by atoms with E-state index in [0.29, 0.717) is 0 Å². The molecule has 3 nitrogen and oxygen atoms in total. The summed E-state index contributed by atoms with van der Waals surface area (Å²) in [6, 6.07) is 1.27. The van der Waals surface area contributed by atoms with Gasteiger partial charge in [0.15, 0.2) is 9.04 Å². The Morgan fingerprint density at radius 1 is 1.42 bits per heavy atom. The summed E-state index contributed by atoms with van der Waals surface area (Å²) in [6.45, 7) is 7.96. The van der Waals surface area contributed by atoms with E-state index in [1.165, 1.54) is 12.5 Å². The summed E-state index contributed by atoms with van der Waals surface area (Å²) in [4.78, 5) is 0. The Labute approximate surface area is 77.4 Å². The molecule has 0 saturated heterocycles. The predicted molar refractivity (Wildman–Crippen MR) is 56.0 cm³/mol. The lowest BCUT2D eigenvalue weighted by atomic mass is 10.5. The van der Waals surface area contributed by atoms with E-state index in [2.05, 4.69) is 18.8 Å². The van der Waals surface area contributed by atoms with Gasteiger partial charge in [0.2, 0.25) is 0 Å². The van der Waals surface area contributed by atoms with Crippen molar-refractivity contribution in [3.05, 3.63) is 0 Å². The maximum atomic E-state index is 5.53. The smallest absolute Gasteiger partial charge is 0.173 e. The van der Waals surface area contributed by atoms with Crippen molar-refractivity contribution in [2.24, 2.45) is 5.73 Å². The molecule has 1 unspecified atom stereocenters. The summed E-state index contributed by atoms with van der Waals surface area (Å²) in [7, 11) is -0.825. The van der Waals surface area contributed by atoms with Gasteiger partial charge in [-0.1, -0.05) is 0 Å². The minimum Gasteiger partial charge on any atom is -0.421 e. The van der Waals surface area contributed by atoms with E-state index in [1.807, 2.05) is 0 Å². The zero-order valence-corrected chi connectivity index (χ0v) is 9.46. The molecule has 0 radical (unpaired) electrons. The molecule has 0 aliphatic carbocycles. The van der Waals surface area contributed by atoms with Crippen molar-refractivity contribution in [3.8, 4) is 0 Å². The molecule has 0 saturated carbocycles. The molecule has 0 aliphatic heterocycles. The maximum Gasteiger partial charge on any atom is 0.173 e. The average molecular weight is 190 g/mol. The first-order chi connectivity index (χ1) is 5.81. The van der Waals surface area contributed by atoms with Gasteiger partial charge in [0.05, 0.1) is 0 Å². The number of hydrogen-bond acceptors (Lipinski definition) is 3. The van der Waals surface area contributed by atoms with Gasteiger partial charge in [-0.2, -0.15) is 0 Å². The van der Waals surface area contributed by atoms with Crippen LogP contribution in [-0.2, 0) is 4.43 Å². The number of rotatable bonds is 8. The van der Waals surface area contributed by atoms with Crippen molar-refractivity contribution in [3.63, 3.8) is 0 Å². The molecule has 0 fully saturated rings. The third-order valence-electron chi connectivity index (χ3n) is 1.74. The molecule has 0 bridgehead atoms. The van der Waals surface area contributed by atoms with Crippen LogP contribution >= 0.6 is 0 Å². The SMILES string of the molecule is CCO[SiH](C)CCCNCCN. The van der Waals surface area contributed by atoms with E-state index in [9.17, 15) is 0 Å². The van der Waals surface area contributed by atoms with Crippen LogP contribution in [0.5, 0.6) is 0 Å². The molecule has 3 N–H and O–H groups in total. The fraction of sp³-hybridized carbons (Fsp3) is 1.00. The standard InChI is InChI=1S/C8H22N2OSi/c1-3-11-12(2)8-4-6-10-7-5-9/h10,12H,3-9H2,1-2H3. The molecular weight excluding hydrogens is 168 g/mol. The second kappa shape index (κ2) is 9.19. The fourth-order valence-corrected chi connectivity index (χ4v) is 2.62. The van der Waals surface area contributed by atoms with Crippen molar-refractivity contribution >= 4 is 9.04 Å². The molecule has 1 atom stereocenters. The van der Waals surface area contributed by atoms with Crippen LogP contribution in [0.3, 0.4) is 0 Å². The highest BCUT2D eigenvalue weighted by atomic mass is 28.3. The number of nitrogens with two attached hydrogens (primary N) is 1. The first-order valence-corrected chi connectivity index (χ1v) is 7.28. The highest BCUT2D eigenvalue weighted by molar-refractivity contribution is 6.50. The Bertz CT molecular complexity index is 93.1. The molecule has 0 rings (SSSR count). The lowest BCUT2D eigenvalue weighted by Gasteiger charge is -2.09. The van der Waals surface area contributed by atoms with Gasteiger partial charge in [-0.05, 0) is 32.5 Å². The van der Waals surface area contributed by atoms with Gasteiger partial charge >= 0.3 is 0 Å². The molecule has 0 aromatic heterocycles. The summed E-state index contributed by atoms with van der Waals surface area (Å²) in [6.07, 6.45) is 1.23. The van der Waals surface area contributed by atoms with E-state index in [0.717, 1.165) is 26.2 Å². The second-order valence-electron chi connectivity index (χ2n) is 2.95. The molecule has 0 heterocycles. The van der Waals surface area contributed by atoms with E-state index >= 15 is 0 Å². The van der Waals surface area contributed by atoms with Crippen molar-refractivity contribution in [2.75, 3.05) is 26.2 Å². The van der Waals surface area contributed by atoms with Gasteiger partial charge in [-0.3, -0.25) is 0 Å². The minimum atomic E-state index is -0.825. The maximum absolute atomic E-state index is 5.53. The number of hydrogen-bond donors (Lipinski definition) is 2. The highest BCUT2D eigenvalue weighted by Crippen LogP contribution is 1.97. The molecule has 12 heavy (non-hydrogen) atoms. The topological polar surface area (TPSA) is 47.3 Å². The molecule has 0 aromatic rings. The largest absolute Gasteiger partial charge is 0.421 e. The second-order valence-corrected chi connectivity index (χ2v) is 5.48. The van der Waals surface area contributed by atoms with Crippen LogP contribution in [0.15, 0.2) is 0 Å². The molecule has 0 spiro atoms. The average Bonchev–Trinajstić information content (AvgIpc) is 2.05. The summed E-state index contributed by atoms with van der Waals surface area (Å²) < 4.78 is 5.53. The van der Waals surface area contributed by atoms with E-state index in [4.69, 9.17) is 10.2 Å². The Hall–Kier alpha value is 0.0969. The molecule has 0 amide bonds. The zero-order valence-electron chi connectivity index (χ0n) is 8.31. The first kappa shape index (κ1) is 12.1. The summed E-state index contributed by atoms with van der Waals surface area (Å²) in [5.74, 6) is 0. The van der Waals surface area contributed by atoms with E-state index < -0.39 is 9.04 Å². The Morgan fingerprint density at radius 3 is 2.75 bits per heavy atom. The van der Waals surface area contributed by atoms with Crippen molar-refractivity contribution < 1.29 is 4.43 Å². The molecule has 4 heteroatoms. The van der Waals surface area contributed by atoms with Crippen LogP contribution in [-0.4, -0.2) is 35.3 Å². The van der Waals surface area contributed by atoms with Crippen molar-refractivity contribution in [2.45, 2.75) is 25.9 Å². The van der Waals surface area contributed by atoms with Crippen molar-refractivity contribution in [1.29, 1.82) is 0 Å². The zero-order chi connectivity index (χ0) is 9.23. The summed E-state index contributed by atoms with van der Waals surface area (Å²) >= 11 is 0. The van der Waals surface area contributed by atoms with Gasteiger partial charge in [-0.25, -0.2) is 0 Å². The Balaban J connectivity index is 2.97. The number of nitrogens with one attached hydrogen (secondary N) is 1. The van der Waals surface area contributed by atoms with Crippen LogP contribution in [0.4, 0.5) is 0 Å². The van der Waals surface area contributed by atoms with Gasteiger partial charge in [0.25, 0.3) is 0 Å². The monoisotopic (exact) mass is 190 g/mol. The quantitative estimate of drug-likeness (QED) is 0.428.